The molecular weight excluding hydrogens is 475 g/mol. The molecule has 0 aromatic heterocycles. The van der Waals surface area contributed by atoms with Crippen molar-refractivity contribution in [3.05, 3.63) is 115 Å². The normalized spacial score (nSPS) is 12.3. The molecule has 0 spiro atoms. The second-order valence-corrected chi connectivity index (χ2v) is 11.4. The fourth-order valence-corrected chi connectivity index (χ4v) is 5.38. The Morgan fingerprint density at radius 2 is 1.03 bits per heavy atom. The third-order valence-electron chi connectivity index (χ3n) is 8.31. The van der Waals surface area contributed by atoms with Gasteiger partial charge in [0.05, 0.1) is 11.2 Å². The minimum Gasteiger partial charge on any atom is -0.427 e. The van der Waals surface area contributed by atoms with Crippen molar-refractivity contribution in [2.45, 2.75) is 38.9 Å². The Labute approximate surface area is 231 Å². The fourth-order valence-electron chi connectivity index (χ4n) is 5.38. The van der Waals surface area contributed by atoms with Crippen LogP contribution in [0, 0.1) is 0 Å². The second-order valence-electron chi connectivity index (χ2n) is 11.4. The molecule has 39 heavy (non-hydrogen) atoms. The summed E-state index contributed by atoms with van der Waals surface area (Å²) in [6, 6.07) is 41.4. The highest BCUT2D eigenvalue weighted by Crippen LogP contribution is 2.44. The first kappa shape index (κ1) is 25.4. The van der Waals surface area contributed by atoms with Gasteiger partial charge < -0.3 is 9.76 Å². The van der Waals surface area contributed by atoms with Crippen LogP contribution in [0.15, 0.2) is 115 Å². The molecule has 0 saturated carbocycles. The van der Waals surface area contributed by atoms with Gasteiger partial charge in [-0.05, 0) is 82.3 Å². The quantitative estimate of drug-likeness (QED) is 0.182. The summed E-state index contributed by atoms with van der Waals surface area (Å²) in [6.45, 7) is 7.43. The lowest BCUT2D eigenvalue weighted by atomic mass is 9.81. The summed E-state index contributed by atoms with van der Waals surface area (Å²) in [5.41, 5.74) is 4.45. The zero-order valence-electron chi connectivity index (χ0n) is 23.0. The maximum Gasteiger partial charge on any atom is 0.309 e. The molecular formula is C36H33BO2. The Morgan fingerprint density at radius 1 is 0.538 bits per heavy atom. The predicted molar refractivity (Wildman–Crippen MR) is 168 cm³/mol. The van der Waals surface area contributed by atoms with E-state index in [4.69, 9.17) is 4.65 Å². The van der Waals surface area contributed by atoms with Gasteiger partial charge in [-0.25, -0.2) is 0 Å². The molecule has 6 aromatic rings. The zero-order valence-corrected chi connectivity index (χ0v) is 23.0. The minimum atomic E-state index is -0.934. The summed E-state index contributed by atoms with van der Waals surface area (Å²) in [4.78, 5) is 0. The van der Waals surface area contributed by atoms with Gasteiger partial charge in [-0.2, -0.15) is 0 Å². The molecule has 0 unspecified atom stereocenters. The van der Waals surface area contributed by atoms with Gasteiger partial charge in [0, 0.05) is 0 Å². The van der Waals surface area contributed by atoms with Gasteiger partial charge in [0.15, 0.2) is 0 Å². The lowest BCUT2D eigenvalue weighted by Crippen LogP contribution is -2.49. The third kappa shape index (κ3) is 4.52. The van der Waals surface area contributed by atoms with Crippen LogP contribution in [0.1, 0.15) is 27.7 Å². The van der Waals surface area contributed by atoms with Crippen LogP contribution in [0.4, 0.5) is 0 Å². The van der Waals surface area contributed by atoms with Gasteiger partial charge in [-0.15, -0.1) is 0 Å². The van der Waals surface area contributed by atoms with Crippen LogP contribution in [0.3, 0.4) is 0 Å². The number of benzene rings is 6. The van der Waals surface area contributed by atoms with Gasteiger partial charge in [0.2, 0.25) is 0 Å². The van der Waals surface area contributed by atoms with E-state index >= 15 is 0 Å². The molecule has 1 N–H and O–H groups in total. The molecule has 0 radical (unpaired) electrons. The Hall–Kier alpha value is -3.92. The molecule has 192 valence electrons. The maximum atomic E-state index is 10.5. The van der Waals surface area contributed by atoms with Crippen LogP contribution in [0.5, 0.6) is 0 Å². The Balaban J connectivity index is 1.52. The summed E-state index contributed by atoms with van der Waals surface area (Å²) >= 11 is 0. The van der Waals surface area contributed by atoms with E-state index in [9.17, 15) is 5.11 Å². The largest absolute Gasteiger partial charge is 0.427 e. The highest BCUT2D eigenvalue weighted by Gasteiger charge is 2.35. The van der Waals surface area contributed by atoms with Crippen LogP contribution >= 0.6 is 0 Å². The molecule has 6 rings (SSSR count). The zero-order chi connectivity index (χ0) is 27.2. The molecule has 0 saturated heterocycles. The smallest absolute Gasteiger partial charge is 0.309 e. The van der Waals surface area contributed by atoms with Crippen molar-refractivity contribution in [1.82, 2.24) is 0 Å². The van der Waals surface area contributed by atoms with Gasteiger partial charge in [0.25, 0.3) is 0 Å². The van der Waals surface area contributed by atoms with Crippen molar-refractivity contribution in [3.63, 3.8) is 0 Å². The second kappa shape index (κ2) is 9.68. The highest BCUT2D eigenvalue weighted by atomic mass is 16.5. The SMILES string of the molecule is CC(C)(O)C(C)(C)OBc1ccc(-c2c3ccccc3c(-c3cccc4ccccc34)c3ccccc23)cc1. The fraction of sp³-hybridized carbons (Fsp3) is 0.167. The molecule has 0 fully saturated rings. The van der Waals surface area contributed by atoms with Crippen LogP contribution in [0.2, 0.25) is 0 Å². The molecule has 0 amide bonds. The number of hydrogen-bond donors (Lipinski definition) is 1. The number of hydrogen-bond acceptors (Lipinski definition) is 2. The van der Waals surface area contributed by atoms with Crippen molar-refractivity contribution in [2.75, 3.05) is 0 Å². The molecule has 0 aliphatic rings. The van der Waals surface area contributed by atoms with Crippen molar-refractivity contribution < 1.29 is 9.76 Å². The first-order valence-corrected chi connectivity index (χ1v) is 13.6. The highest BCUT2D eigenvalue weighted by molar-refractivity contribution is 6.47. The lowest BCUT2D eigenvalue weighted by molar-refractivity contribution is -0.0893. The Kier molecular flexibility index (Phi) is 6.30. The molecule has 0 bridgehead atoms. The standard InChI is InChI=1S/C36H33BO2/c1-35(2,38)36(3,4)39-37-26-22-20-25(21-23-26)33-29-15-7-9-17-31(29)34(32-18-10-8-16-30(32)33)28-19-11-13-24-12-5-6-14-27(24)28/h5-23,37-38H,1-4H3. The molecule has 6 aromatic carbocycles. The van der Waals surface area contributed by atoms with Crippen LogP contribution in [-0.2, 0) is 4.65 Å². The van der Waals surface area contributed by atoms with E-state index in [1.807, 2.05) is 13.8 Å². The van der Waals surface area contributed by atoms with Crippen molar-refractivity contribution >= 4 is 45.3 Å². The van der Waals surface area contributed by atoms with E-state index < -0.39 is 11.2 Å². The average molecular weight is 508 g/mol. The first-order chi connectivity index (χ1) is 18.7. The predicted octanol–water partition coefficient (Wildman–Crippen LogP) is 8.02. The molecule has 0 atom stereocenters. The summed E-state index contributed by atoms with van der Waals surface area (Å²) in [6.07, 6.45) is 0. The first-order valence-electron chi connectivity index (χ1n) is 13.6. The molecule has 3 heteroatoms. The summed E-state index contributed by atoms with van der Waals surface area (Å²) in [7, 11) is 0.443. The van der Waals surface area contributed by atoms with Crippen molar-refractivity contribution in [1.29, 1.82) is 0 Å². The minimum absolute atomic E-state index is 0.443. The van der Waals surface area contributed by atoms with Crippen LogP contribution in [0.25, 0.3) is 54.6 Å². The van der Waals surface area contributed by atoms with Crippen molar-refractivity contribution in [2.24, 2.45) is 0 Å². The van der Waals surface area contributed by atoms with Gasteiger partial charge in [0.1, 0.15) is 0 Å². The maximum absolute atomic E-state index is 10.5. The lowest BCUT2D eigenvalue weighted by Gasteiger charge is -2.37. The van der Waals surface area contributed by atoms with Crippen LogP contribution < -0.4 is 5.46 Å². The third-order valence-corrected chi connectivity index (χ3v) is 8.31. The monoisotopic (exact) mass is 508 g/mol. The topological polar surface area (TPSA) is 29.5 Å². The molecule has 0 aliphatic carbocycles. The average Bonchev–Trinajstić information content (AvgIpc) is 2.94. The van der Waals surface area contributed by atoms with E-state index in [0.717, 1.165) is 5.46 Å². The molecule has 2 nitrogen and oxygen atoms in total. The number of fused-ring (bicyclic) bond motifs is 3. The molecule has 0 heterocycles. The van der Waals surface area contributed by atoms with Gasteiger partial charge in [-0.1, -0.05) is 121 Å². The van der Waals surface area contributed by atoms with E-state index in [1.165, 1.54) is 54.6 Å². The van der Waals surface area contributed by atoms with E-state index in [0.29, 0.717) is 7.48 Å². The van der Waals surface area contributed by atoms with E-state index in [2.05, 4.69) is 115 Å². The van der Waals surface area contributed by atoms with Gasteiger partial charge >= 0.3 is 7.48 Å². The van der Waals surface area contributed by atoms with E-state index in [1.54, 1.807) is 13.8 Å². The van der Waals surface area contributed by atoms with Crippen molar-refractivity contribution in [3.8, 4) is 22.3 Å². The van der Waals surface area contributed by atoms with Gasteiger partial charge in [-0.3, -0.25) is 0 Å². The Morgan fingerprint density at radius 3 is 1.59 bits per heavy atom. The van der Waals surface area contributed by atoms with E-state index in [-0.39, 0.29) is 0 Å². The molecule has 0 aliphatic heterocycles. The Bertz CT molecular complexity index is 1750. The van der Waals surface area contributed by atoms with Crippen LogP contribution in [-0.4, -0.2) is 23.8 Å². The summed E-state index contributed by atoms with van der Waals surface area (Å²) < 4.78 is 6.12. The summed E-state index contributed by atoms with van der Waals surface area (Å²) in [5.74, 6) is 0. The number of rotatable bonds is 6. The summed E-state index contributed by atoms with van der Waals surface area (Å²) in [5, 5.41) is 18.0. The number of aliphatic hydroxyl groups is 1.